The second-order valence-corrected chi connectivity index (χ2v) is 7.32. The number of halogens is 1. The van der Waals surface area contributed by atoms with Gasteiger partial charge in [0.2, 0.25) is 0 Å². The second kappa shape index (κ2) is 6.09. The number of piperidine rings is 1. The quantitative estimate of drug-likeness (QED) is 0.832. The van der Waals surface area contributed by atoms with Crippen LogP contribution in [0.25, 0.3) is 0 Å². The van der Waals surface area contributed by atoms with Gasteiger partial charge < -0.3 is 5.32 Å². The first-order valence-electron chi connectivity index (χ1n) is 8.27. The fraction of sp³-hybridized carbons (Fsp3) is 0.625. The zero-order valence-electron chi connectivity index (χ0n) is 13.0. The summed E-state index contributed by atoms with van der Waals surface area (Å²) in [5, 5.41) is 12.2. The van der Waals surface area contributed by atoms with Crippen molar-refractivity contribution < 1.29 is 0 Å². The summed E-state index contributed by atoms with van der Waals surface area (Å²) in [6, 6.07) is 9.25. The summed E-state index contributed by atoms with van der Waals surface area (Å²) in [6.07, 6.45) is 1.56. The second-order valence-electron chi connectivity index (χ2n) is 6.40. The number of hydrogen-bond donors (Lipinski definition) is 2. The van der Waals surface area contributed by atoms with Gasteiger partial charge in [-0.25, -0.2) is 5.01 Å². The van der Waals surface area contributed by atoms with Gasteiger partial charge in [-0.1, -0.05) is 28.9 Å². The molecule has 3 fully saturated rings. The van der Waals surface area contributed by atoms with E-state index in [1.54, 1.807) is 0 Å². The van der Waals surface area contributed by atoms with Crippen LogP contribution in [0, 0.1) is 5.92 Å². The monoisotopic (exact) mass is 365 g/mol. The minimum atomic E-state index is 0.274. The minimum Gasteiger partial charge on any atom is -0.315 e. The molecule has 0 radical (unpaired) electrons. The standard InChI is InChI=1S/C16H24BrN5/c1-2-20-11-21-15-10-18-7-6-12(15)9-19-16(21)22(20)14-5-3-4-13(17)8-14/h3-5,8,12,15-16,18-19H,2,6-7,9-11H2,1H3. The zero-order valence-corrected chi connectivity index (χ0v) is 14.6. The van der Waals surface area contributed by atoms with Gasteiger partial charge in [0, 0.05) is 30.1 Å². The van der Waals surface area contributed by atoms with Gasteiger partial charge in [0.1, 0.15) is 0 Å². The topological polar surface area (TPSA) is 33.8 Å². The smallest absolute Gasteiger partial charge is 0.153 e. The highest BCUT2D eigenvalue weighted by atomic mass is 79.9. The average Bonchev–Trinajstić information content (AvgIpc) is 2.94. The van der Waals surface area contributed by atoms with Crippen LogP contribution in [0.4, 0.5) is 5.69 Å². The number of rotatable bonds is 2. The van der Waals surface area contributed by atoms with Crippen LogP contribution in [0.1, 0.15) is 13.3 Å². The molecular weight excluding hydrogens is 342 g/mol. The predicted octanol–water partition coefficient (Wildman–Crippen LogP) is 1.63. The molecule has 5 nitrogen and oxygen atoms in total. The highest BCUT2D eigenvalue weighted by Crippen LogP contribution is 2.34. The molecule has 2 N–H and O–H groups in total. The molecule has 4 rings (SSSR count). The SMILES string of the molecule is CCN1CN2C3CNCCC3CNC2N1c1cccc(Br)c1. The van der Waals surface area contributed by atoms with E-state index < -0.39 is 0 Å². The molecule has 3 aliphatic heterocycles. The van der Waals surface area contributed by atoms with Crippen LogP contribution in [0.3, 0.4) is 0 Å². The normalized spacial score (nSPS) is 32.8. The summed E-state index contributed by atoms with van der Waals surface area (Å²) in [6.45, 7) is 7.66. The summed E-state index contributed by atoms with van der Waals surface area (Å²) >= 11 is 3.61. The Bertz CT molecular complexity index is 539. The lowest BCUT2D eigenvalue weighted by Crippen LogP contribution is -2.65. The van der Waals surface area contributed by atoms with Crippen molar-refractivity contribution in [1.29, 1.82) is 0 Å². The van der Waals surface area contributed by atoms with E-state index in [4.69, 9.17) is 0 Å². The fourth-order valence-electron chi connectivity index (χ4n) is 4.07. The fourth-order valence-corrected chi connectivity index (χ4v) is 4.46. The van der Waals surface area contributed by atoms with Crippen LogP contribution in [0.5, 0.6) is 0 Å². The Hall–Kier alpha value is -0.660. The maximum Gasteiger partial charge on any atom is 0.153 e. The van der Waals surface area contributed by atoms with Crippen LogP contribution in [-0.4, -0.2) is 55.1 Å². The highest BCUT2D eigenvalue weighted by molar-refractivity contribution is 9.10. The molecule has 22 heavy (non-hydrogen) atoms. The van der Waals surface area contributed by atoms with E-state index in [-0.39, 0.29) is 6.29 Å². The van der Waals surface area contributed by atoms with Gasteiger partial charge >= 0.3 is 0 Å². The molecule has 0 saturated carbocycles. The summed E-state index contributed by atoms with van der Waals surface area (Å²) in [5.74, 6) is 0.777. The molecule has 6 heteroatoms. The first-order chi connectivity index (χ1) is 10.8. The summed E-state index contributed by atoms with van der Waals surface area (Å²) in [7, 11) is 0. The van der Waals surface area contributed by atoms with Gasteiger partial charge in [0.15, 0.2) is 6.29 Å². The Balaban J connectivity index is 1.64. The van der Waals surface area contributed by atoms with Crippen LogP contribution in [0.15, 0.2) is 28.7 Å². The van der Waals surface area contributed by atoms with E-state index in [9.17, 15) is 0 Å². The predicted molar refractivity (Wildman–Crippen MR) is 92.3 cm³/mol. The lowest BCUT2D eigenvalue weighted by atomic mass is 9.90. The summed E-state index contributed by atoms with van der Waals surface area (Å²) in [4.78, 5) is 2.63. The Morgan fingerprint density at radius 3 is 3.05 bits per heavy atom. The molecule has 3 aliphatic rings. The maximum absolute atomic E-state index is 3.78. The largest absolute Gasteiger partial charge is 0.315 e. The Morgan fingerprint density at radius 2 is 2.23 bits per heavy atom. The maximum atomic E-state index is 3.78. The number of nitrogens with zero attached hydrogens (tertiary/aromatic N) is 3. The first kappa shape index (κ1) is 14.9. The first-order valence-corrected chi connectivity index (χ1v) is 9.06. The van der Waals surface area contributed by atoms with Crippen LogP contribution >= 0.6 is 15.9 Å². The molecule has 0 bridgehead atoms. The van der Waals surface area contributed by atoms with Crippen LogP contribution < -0.4 is 15.6 Å². The lowest BCUT2D eigenvalue weighted by Gasteiger charge is -2.46. The number of hydrazine groups is 1. The van der Waals surface area contributed by atoms with Crippen LogP contribution in [-0.2, 0) is 0 Å². The van der Waals surface area contributed by atoms with Gasteiger partial charge in [-0.2, -0.15) is 0 Å². The van der Waals surface area contributed by atoms with Gasteiger partial charge in [0.05, 0.1) is 12.4 Å². The van der Waals surface area contributed by atoms with Crippen molar-refractivity contribution in [3.63, 3.8) is 0 Å². The number of benzene rings is 1. The molecule has 120 valence electrons. The molecule has 1 aromatic carbocycles. The third-order valence-corrected chi connectivity index (χ3v) is 5.69. The number of fused-ring (bicyclic) bond motifs is 3. The van der Waals surface area contributed by atoms with Gasteiger partial charge in [-0.05, 0) is 37.1 Å². The van der Waals surface area contributed by atoms with Crippen molar-refractivity contribution in [2.75, 3.05) is 37.9 Å². The number of anilines is 1. The highest BCUT2D eigenvalue weighted by Gasteiger charge is 2.46. The van der Waals surface area contributed by atoms with Crippen molar-refractivity contribution in [2.24, 2.45) is 5.92 Å². The van der Waals surface area contributed by atoms with E-state index >= 15 is 0 Å². The molecule has 0 amide bonds. The summed E-state index contributed by atoms with van der Waals surface area (Å²) in [5.41, 5.74) is 1.25. The third-order valence-electron chi connectivity index (χ3n) is 5.19. The Labute approximate surface area is 140 Å². The van der Waals surface area contributed by atoms with Crippen molar-refractivity contribution in [1.82, 2.24) is 20.5 Å². The van der Waals surface area contributed by atoms with Gasteiger partial charge in [0.25, 0.3) is 0 Å². The van der Waals surface area contributed by atoms with E-state index in [2.05, 4.69) is 72.7 Å². The molecule has 1 aromatic rings. The molecular formula is C16H24BrN5. The molecule has 3 saturated heterocycles. The van der Waals surface area contributed by atoms with Gasteiger partial charge in [-0.15, -0.1) is 0 Å². The number of nitrogens with one attached hydrogen (secondary N) is 2. The Kier molecular flexibility index (Phi) is 4.13. The molecule has 3 heterocycles. The van der Waals surface area contributed by atoms with Crippen molar-refractivity contribution in [2.45, 2.75) is 25.7 Å². The molecule has 0 aromatic heterocycles. The molecule has 3 unspecified atom stereocenters. The van der Waals surface area contributed by atoms with Crippen molar-refractivity contribution >= 4 is 21.6 Å². The molecule has 0 spiro atoms. The molecule has 3 atom stereocenters. The minimum absolute atomic E-state index is 0.274. The average molecular weight is 366 g/mol. The van der Waals surface area contributed by atoms with Gasteiger partial charge in [-0.3, -0.25) is 15.2 Å². The van der Waals surface area contributed by atoms with E-state index in [1.165, 1.54) is 12.1 Å². The Morgan fingerprint density at radius 1 is 1.32 bits per heavy atom. The van der Waals surface area contributed by atoms with Crippen molar-refractivity contribution in [3.05, 3.63) is 28.7 Å². The van der Waals surface area contributed by atoms with E-state index in [0.29, 0.717) is 6.04 Å². The van der Waals surface area contributed by atoms with E-state index in [0.717, 1.165) is 43.2 Å². The number of hydrogen-bond acceptors (Lipinski definition) is 5. The zero-order chi connectivity index (χ0) is 15.1. The van der Waals surface area contributed by atoms with Crippen LogP contribution in [0.2, 0.25) is 0 Å². The summed E-state index contributed by atoms with van der Waals surface area (Å²) < 4.78 is 1.13. The van der Waals surface area contributed by atoms with E-state index in [1.807, 2.05) is 0 Å². The third kappa shape index (κ3) is 2.47. The lowest BCUT2D eigenvalue weighted by molar-refractivity contribution is 0.0406. The molecule has 0 aliphatic carbocycles. The van der Waals surface area contributed by atoms with Crippen molar-refractivity contribution in [3.8, 4) is 0 Å².